The summed E-state index contributed by atoms with van der Waals surface area (Å²) in [5.41, 5.74) is 15.3. The van der Waals surface area contributed by atoms with Gasteiger partial charge in [0, 0.05) is 34.2 Å². The first-order valence-electron chi connectivity index (χ1n) is 21.9. The number of fused-ring (bicyclic) bond motifs is 1. The van der Waals surface area contributed by atoms with E-state index >= 15 is 0 Å². The summed E-state index contributed by atoms with van der Waals surface area (Å²) in [5, 5.41) is 0. The van der Waals surface area contributed by atoms with Crippen molar-refractivity contribution < 1.29 is 0 Å². The van der Waals surface area contributed by atoms with Crippen LogP contribution in [0.15, 0.2) is 95.7 Å². The predicted octanol–water partition coefficient (Wildman–Crippen LogP) is 15.5. The van der Waals surface area contributed by atoms with Crippen molar-refractivity contribution in [2.45, 2.75) is 153 Å². The zero-order valence-corrected chi connectivity index (χ0v) is 36.1. The Morgan fingerprint density at radius 3 is 2.28 bits per heavy atom. The Kier molecular flexibility index (Phi) is 14.9. The number of allylic oxidation sites excluding steroid dienone is 9. The molecule has 0 fully saturated rings. The second-order valence-electron chi connectivity index (χ2n) is 17.5. The molecular weight excluding hydrogens is 653 g/mol. The Morgan fingerprint density at radius 2 is 1.61 bits per heavy atom. The molecule has 0 heterocycles. The zero-order valence-electron chi connectivity index (χ0n) is 36.1. The van der Waals surface area contributed by atoms with Crippen LogP contribution in [0, 0.1) is 43.4 Å². The number of hydrogen-bond acceptors (Lipinski definition) is 2. The molecule has 54 heavy (non-hydrogen) atoms. The first-order chi connectivity index (χ1) is 25.9. The number of anilines is 2. The molecule has 0 radical (unpaired) electrons. The van der Waals surface area contributed by atoms with Gasteiger partial charge < -0.3 is 9.80 Å². The summed E-state index contributed by atoms with van der Waals surface area (Å²) in [6, 6.07) is 11.9. The Balaban J connectivity index is 1.85. The molecule has 0 amide bonds. The van der Waals surface area contributed by atoms with Crippen molar-refractivity contribution in [2.75, 3.05) is 9.80 Å². The van der Waals surface area contributed by atoms with E-state index in [1.54, 1.807) is 0 Å². The van der Waals surface area contributed by atoms with Crippen molar-refractivity contribution in [3.8, 4) is 0 Å². The van der Waals surface area contributed by atoms with Crippen molar-refractivity contribution in [2.24, 2.45) is 29.6 Å². The summed E-state index contributed by atoms with van der Waals surface area (Å²) < 4.78 is 0. The summed E-state index contributed by atoms with van der Waals surface area (Å²) in [5.74, 6) is 3.21. The molecule has 5 rings (SSSR count). The van der Waals surface area contributed by atoms with E-state index in [4.69, 9.17) is 0 Å². The number of benzene rings is 2. The van der Waals surface area contributed by atoms with Gasteiger partial charge >= 0.3 is 0 Å². The van der Waals surface area contributed by atoms with Crippen LogP contribution in [-0.2, 0) is 6.42 Å². The molecule has 0 saturated carbocycles. The fourth-order valence-electron chi connectivity index (χ4n) is 8.88. The molecule has 2 aromatic rings. The lowest BCUT2D eigenvalue weighted by Gasteiger charge is -2.36. The second-order valence-corrected chi connectivity index (χ2v) is 17.5. The molecule has 3 aliphatic rings. The van der Waals surface area contributed by atoms with Crippen molar-refractivity contribution in [1.82, 2.24) is 0 Å². The molecule has 3 aliphatic carbocycles. The topological polar surface area (TPSA) is 6.48 Å². The van der Waals surface area contributed by atoms with Gasteiger partial charge in [-0.2, -0.15) is 0 Å². The molecule has 0 N–H and O–H groups in total. The number of unbranched alkanes of at least 4 members (excludes halogenated alkanes) is 2. The highest BCUT2D eigenvalue weighted by Gasteiger charge is 2.29. The van der Waals surface area contributed by atoms with Crippen LogP contribution in [0.1, 0.15) is 160 Å². The van der Waals surface area contributed by atoms with E-state index < -0.39 is 0 Å². The van der Waals surface area contributed by atoms with Crippen molar-refractivity contribution in [1.29, 1.82) is 0 Å². The molecule has 2 heteroatoms. The molecular formula is C52H74N2. The Morgan fingerprint density at radius 1 is 0.852 bits per heavy atom. The van der Waals surface area contributed by atoms with Crippen LogP contribution < -0.4 is 9.80 Å². The minimum absolute atomic E-state index is 0.404. The summed E-state index contributed by atoms with van der Waals surface area (Å²) >= 11 is 0. The fraction of sp³-hybridized carbons (Fsp3) is 0.538. The third kappa shape index (κ3) is 9.82. The van der Waals surface area contributed by atoms with Crippen molar-refractivity contribution in [3.05, 3.63) is 123 Å². The van der Waals surface area contributed by atoms with E-state index in [9.17, 15) is 0 Å². The molecule has 6 atom stereocenters. The molecule has 0 saturated heterocycles. The summed E-state index contributed by atoms with van der Waals surface area (Å²) in [6.45, 7) is 26.3. The minimum atomic E-state index is 0.404. The van der Waals surface area contributed by atoms with Gasteiger partial charge in [0.25, 0.3) is 0 Å². The van der Waals surface area contributed by atoms with E-state index in [0.717, 1.165) is 25.2 Å². The van der Waals surface area contributed by atoms with Gasteiger partial charge in [0.2, 0.25) is 0 Å². The first-order valence-corrected chi connectivity index (χ1v) is 21.9. The number of rotatable bonds is 10. The third-order valence-corrected chi connectivity index (χ3v) is 13.3. The van der Waals surface area contributed by atoms with E-state index in [-0.39, 0.29) is 0 Å². The van der Waals surface area contributed by atoms with Gasteiger partial charge in [-0.1, -0.05) is 129 Å². The van der Waals surface area contributed by atoms with Gasteiger partial charge in [0.1, 0.15) is 0 Å². The lowest BCUT2D eigenvalue weighted by atomic mass is 9.79. The molecule has 292 valence electrons. The largest absolute Gasteiger partial charge is 0.315 e. The second kappa shape index (κ2) is 19.4. The van der Waals surface area contributed by atoms with Crippen LogP contribution >= 0.6 is 0 Å². The van der Waals surface area contributed by atoms with Crippen molar-refractivity contribution >= 4 is 17.5 Å². The van der Waals surface area contributed by atoms with E-state index in [0.29, 0.717) is 29.6 Å². The summed E-state index contributed by atoms with van der Waals surface area (Å²) in [6.07, 6.45) is 32.9. The normalized spacial score (nSPS) is 26.4. The maximum absolute atomic E-state index is 2.67. The fourth-order valence-corrected chi connectivity index (χ4v) is 8.88. The molecule has 0 spiro atoms. The van der Waals surface area contributed by atoms with Crippen LogP contribution in [0.25, 0.3) is 6.08 Å². The van der Waals surface area contributed by atoms with E-state index in [1.807, 2.05) is 0 Å². The Bertz CT molecular complexity index is 1740. The summed E-state index contributed by atoms with van der Waals surface area (Å²) in [7, 11) is 0. The molecule has 0 aliphatic heterocycles. The number of nitrogens with zero attached hydrogens (tertiary/aromatic N) is 2. The maximum Gasteiger partial charge on any atom is 0.0495 e. The number of hydrogen-bond donors (Lipinski definition) is 0. The lowest BCUT2D eigenvalue weighted by molar-refractivity contribution is 0.367. The average molecular weight is 727 g/mol. The Hall–Kier alpha value is -3.52. The van der Waals surface area contributed by atoms with E-state index in [1.165, 1.54) is 113 Å². The highest BCUT2D eigenvalue weighted by Crippen LogP contribution is 2.44. The van der Waals surface area contributed by atoms with Crippen LogP contribution in [0.5, 0.6) is 0 Å². The highest BCUT2D eigenvalue weighted by atomic mass is 15.2. The third-order valence-electron chi connectivity index (χ3n) is 13.3. The highest BCUT2D eigenvalue weighted by molar-refractivity contribution is 5.77. The van der Waals surface area contributed by atoms with Crippen LogP contribution in [-0.4, -0.2) is 0 Å². The van der Waals surface area contributed by atoms with Gasteiger partial charge in [-0.15, -0.1) is 0 Å². The van der Waals surface area contributed by atoms with E-state index in [2.05, 4.69) is 165 Å². The monoisotopic (exact) mass is 727 g/mol. The van der Waals surface area contributed by atoms with Gasteiger partial charge in [-0.3, -0.25) is 0 Å². The van der Waals surface area contributed by atoms with Crippen molar-refractivity contribution in [3.63, 3.8) is 0 Å². The molecule has 0 aromatic heterocycles. The van der Waals surface area contributed by atoms with Gasteiger partial charge in [0.05, 0.1) is 0 Å². The average Bonchev–Trinajstić information content (AvgIpc) is 3.17. The molecule has 0 bridgehead atoms. The van der Waals surface area contributed by atoms with Crippen LogP contribution in [0.4, 0.5) is 11.4 Å². The lowest BCUT2D eigenvalue weighted by Crippen LogP contribution is -2.27. The molecule has 6 unspecified atom stereocenters. The minimum Gasteiger partial charge on any atom is -0.315 e. The smallest absolute Gasteiger partial charge is 0.0495 e. The zero-order chi connectivity index (χ0) is 38.9. The standard InChI is InChI=1S/C52H74N2/c1-12-14-16-24-48-44(11)50-34-51(54(45-22-17-15-18-23-45)46-30-26-37(4)27-31-46)40(7)21-19-20-36(3)25-28-39(6)43(10)49(50)35-52(48)53(42(9)13-2)47-32-29-38(5)41(8)33-47/h13,17,22-23,26-27,29-36,38-41,43H,12,14-16,18-21,24-25,28H2,1-11H3/b42-13+,51-34+. The van der Waals surface area contributed by atoms with Crippen LogP contribution in [0.3, 0.4) is 0 Å². The Labute approximate surface area is 331 Å². The molecule has 2 aromatic carbocycles. The maximum atomic E-state index is 2.67. The first kappa shape index (κ1) is 41.6. The molecule has 2 nitrogen and oxygen atoms in total. The van der Waals surface area contributed by atoms with Gasteiger partial charge in [-0.25, -0.2) is 0 Å². The quantitative estimate of drug-likeness (QED) is 0.225. The van der Waals surface area contributed by atoms with Gasteiger partial charge in [0.15, 0.2) is 0 Å². The van der Waals surface area contributed by atoms with Gasteiger partial charge in [-0.05, 0) is 160 Å². The van der Waals surface area contributed by atoms with Crippen LogP contribution in [0.2, 0.25) is 0 Å². The summed E-state index contributed by atoms with van der Waals surface area (Å²) in [4.78, 5) is 5.23. The SMILES string of the molecule is C/C=C(\C)N(C1=CC(C)C(C)C=C1)c1cc2c(c(C)c1CCCCC)/C=C(/N(C1=CCCC=C1)c1ccc(C)cc1)C(C)CCCC(C)CCC(C)C2C. The number of aryl methyl sites for hydroxylation is 1. The predicted molar refractivity (Wildman–Crippen MR) is 239 cm³/mol.